The average molecular weight is 380 g/mol. The third-order valence-corrected chi connectivity index (χ3v) is 3.95. The van der Waals surface area contributed by atoms with Crippen LogP contribution in [0.3, 0.4) is 0 Å². The van der Waals surface area contributed by atoms with Crippen LogP contribution in [0.5, 0.6) is 5.75 Å². The molecule has 3 aromatic rings. The second kappa shape index (κ2) is 10.3. The summed E-state index contributed by atoms with van der Waals surface area (Å²) in [4.78, 5) is 12.4. The fraction of sp³-hybridized carbons (Fsp3) is 0.0400. The van der Waals surface area contributed by atoms with E-state index in [0.29, 0.717) is 17.0 Å². The van der Waals surface area contributed by atoms with Crippen LogP contribution in [0.15, 0.2) is 96.1 Å². The molecule has 3 aromatic carbocycles. The number of carbonyl (C=O) groups excluding carboxylic acids is 1. The molecule has 0 aromatic heterocycles. The predicted octanol–water partition coefficient (Wildman–Crippen LogP) is 4.55. The summed E-state index contributed by atoms with van der Waals surface area (Å²) < 4.78 is 5.16. The van der Waals surface area contributed by atoms with E-state index in [1.165, 1.54) is 0 Å². The Hall–Kier alpha value is -4.10. The van der Waals surface area contributed by atoms with Crippen LogP contribution in [-0.4, -0.2) is 18.7 Å². The van der Waals surface area contributed by atoms with Gasteiger partial charge in [-0.15, -0.1) is 0 Å². The molecule has 1 amide bonds. The number of allylic oxidation sites excluding steroid dienone is 1. The SMILES string of the molecule is COc1cccc(C(=O)N/N=C(C#Cc2ccccc2)/C=C/c2ccccc2)c1. The number of methoxy groups -OCH3 is 1. The van der Waals surface area contributed by atoms with Crippen LogP contribution in [0.25, 0.3) is 6.08 Å². The normalized spacial score (nSPS) is 10.9. The van der Waals surface area contributed by atoms with E-state index in [2.05, 4.69) is 22.4 Å². The summed E-state index contributed by atoms with van der Waals surface area (Å²) in [5, 5.41) is 4.20. The second-order valence-electron chi connectivity index (χ2n) is 6.03. The summed E-state index contributed by atoms with van der Waals surface area (Å²) in [5.41, 5.74) is 5.34. The maximum Gasteiger partial charge on any atom is 0.271 e. The number of benzene rings is 3. The van der Waals surface area contributed by atoms with E-state index in [4.69, 9.17) is 4.74 Å². The molecule has 29 heavy (non-hydrogen) atoms. The lowest BCUT2D eigenvalue weighted by atomic mass is 10.2. The van der Waals surface area contributed by atoms with Crippen molar-refractivity contribution in [1.82, 2.24) is 5.43 Å². The zero-order valence-electron chi connectivity index (χ0n) is 16.0. The molecule has 0 aliphatic heterocycles. The molecule has 0 atom stereocenters. The van der Waals surface area contributed by atoms with Gasteiger partial charge in [-0.05, 0) is 47.9 Å². The average Bonchev–Trinajstić information content (AvgIpc) is 2.79. The number of ether oxygens (including phenoxy) is 1. The maximum absolute atomic E-state index is 12.4. The Kier molecular flexibility index (Phi) is 6.97. The predicted molar refractivity (Wildman–Crippen MR) is 117 cm³/mol. The third kappa shape index (κ3) is 6.23. The van der Waals surface area contributed by atoms with Gasteiger partial charge in [-0.25, -0.2) is 5.43 Å². The molecule has 4 nitrogen and oxygen atoms in total. The third-order valence-electron chi connectivity index (χ3n) is 3.95. The molecule has 0 bridgehead atoms. The fourth-order valence-corrected chi connectivity index (χ4v) is 2.44. The Bertz CT molecular complexity index is 1080. The minimum atomic E-state index is -0.337. The topological polar surface area (TPSA) is 50.7 Å². The molecule has 0 saturated heterocycles. The highest BCUT2D eigenvalue weighted by Gasteiger charge is 2.05. The van der Waals surface area contributed by atoms with E-state index in [9.17, 15) is 4.79 Å². The molecule has 3 rings (SSSR count). The van der Waals surface area contributed by atoms with Crippen molar-refractivity contribution in [2.24, 2.45) is 5.10 Å². The van der Waals surface area contributed by atoms with Crippen LogP contribution in [0.2, 0.25) is 0 Å². The maximum atomic E-state index is 12.4. The molecule has 0 spiro atoms. The van der Waals surface area contributed by atoms with E-state index >= 15 is 0 Å². The molecular formula is C25H20N2O2. The number of hydrogen-bond acceptors (Lipinski definition) is 3. The van der Waals surface area contributed by atoms with Gasteiger partial charge >= 0.3 is 0 Å². The lowest BCUT2D eigenvalue weighted by Gasteiger charge is -2.03. The molecule has 0 heterocycles. The zero-order valence-corrected chi connectivity index (χ0v) is 16.0. The quantitative estimate of drug-likeness (QED) is 0.401. The summed E-state index contributed by atoms with van der Waals surface area (Å²) in [6, 6.07) is 26.3. The van der Waals surface area contributed by atoms with Gasteiger partial charge in [-0.2, -0.15) is 5.10 Å². The van der Waals surface area contributed by atoms with Gasteiger partial charge in [0.05, 0.1) is 7.11 Å². The van der Waals surface area contributed by atoms with Crippen LogP contribution in [-0.2, 0) is 0 Å². The molecule has 4 heteroatoms. The summed E-state index contributed by atoms with van der Waals surface area (Å²) in [6.45, 7) is 0. The van der Waals surface area contributed by atoms with E-state index in [1.54, 1.807) is 37.5 Å². The number of hydrogen-bond donors (Lipinski definition) is 1. The smallest absolute Gasteiger partial charge is 0.271 e. The van der Waals surface area contributed by atoms with Gasteiger partial charge < -0.3 is 4.74 Å². The number of rotatable bonds is 5. The lowest BCUT2D eigenvalue weighted by molar-refractivity contribution is 0.0954. The molecular weight excluding hydrogens is 360 g/mol. The monoisotopic (exact) mass is 380 g/mol. The van der Waals surface area contributed by atoms with E-state index < -0.39 is 0 Å². The fourth-order valence-electron chi connectivity index (χ4n) is 2.44. The Labute approximate surface area is 170 Å². The molecule has 0 aliphatic rings. The van der Waals surface area contributed by atoms with Crippen LogP contribution >= 0.6 is 0 Å². The number of hydrazone groups is 1. The van der Waals surface area contributed by atoms with Gasteiger partial charge in [0.1, 0.15) is 11.5 Å². The van der Waals surface area contributed by atoms with E-state index in [1.807, 2.05) is 66.7 Å². The summed E-state index contributed by atoms with van der Waals surface area (Å²) >= 11 is 0. The van der Waals surface area contributed by atoms with Crippen LogP contribution < -0.4 is 10.2 Å². The first kappa shape index (κ1) is 19.7. The molecule has 0 fully saturated rings. The van der Waals surface area contributed by atoms with Gasteiger partial charge in [0.25, 0.3) is 5.91 Å². The van der Waals surface area contributed by atoms with Crippen molar-refractivity contribution in [3.8, 4) is 17.6 Å². The lowest BCUT2D eigenvalue weighted by Crippen LogP contribution is -2.19. The van der Waals surface area contributed by atoms with Gasteiger partial charge in [0.15, 0.2) is 0 Å². The molecule has 0 aliphatic carbocycles. The highest BCUT2D eigenvalue weighted by Crippen LogP contribution is 2.12. The van der Waals surface area contributed by atoms with Crippen LogP contribution in [0.1, 0.15) is 21.5 Å². The van der Waals surface area contributed by atoms with Crippen molar-refractivity contribution in [2.75, 3.05) is 7.11 Å². The Balaban J connectivity index is 1.82. The van der Waals surface area contributed by atoms with Gasteiger partial charge in [-0.3, -0.25) is 4.79 Å². The number of nitrogens with one attached hydrogen (secondary N) is 1. The first-order valence-electron chi connectivity index (χ1n) is 9.07. The van der Waals surface area contributed by atoms with Crippen molar-refractivity contribution >= 4 is 17.7 Å². The second-order valence-corrected chi connectivity index (χ2v) is 6.03. The van der Waals surface area contributed by atoms with E-state index in [0.717, 1.165) is 11.1 Å². The Morgan fingerprint density at radius 3 is 2.41 bits per heavy atom. The summed E-state index contributed by atoms with van der Waals surface area (Å²) in [5.74, 6) is 6.34. The molecule has 0 saturated carbocycles. The largest absolute Gasteiger partial charge is 0.497 e. The minimum absolute atomic E-state index is 0.337. The Morgan fingerprint density at radius 2 is 1.69 bits per heavy atom. The van der Waals surface area contributed by atoms with Crippen molar-refractivity contribution in [3.05, 3.63) is 108 Å². The zero-order chi connectivity index (χ0) is 20.3. The molecule has 0 radical (unpaired) electrons. The molecule has 1 N–H and O–H groups in total. The summed E-state index contributed by atoms with van der Waals surface area (Å²) in [6.07, 6.45) is 3.67. The first-order chi connectivity index (χ1) is 14.2. The highest BCUT2D eigenvalue weighted by atomic mass is 16.5. The van der Waals surface area contributed by atoms with Crippen LogP contribution in [0.4, 0.5) is 0 Å². The van der Waals surface area contributed by atoms with Crippen molar-refractivity contribution < 1.29 is 9.53 Å². The van der Waals surface area contributed by atoms with Crippen molar-refractivity contribution in [2.45, 2.75) is 0 Å². The minimum Gasteiger partial charge on any atom is -0.497 e. The van der Waals surface area contributed by atoms with Crippen LogP contribution in [0, 0.1) is 11.8 Å². The van der Waals surface area contributed by atoms with Gasteiger partial charge in [0.2, 0.25) is 0 Å². The molecule has 142 valence electrons. The number of nitrogens with zero attached hydrogens (tertiary/aromatic N) is 1. The van der Waals surface area contributed by atoms with Crippen molar-refractivity contribution in [3.63, 3.8) is 0 Å². The molecule has 0 unspecified atom stereocenters. The Morgan fingerprint density at radius 1 is 0.966 bits per heavy atom. The van der Waals surface area contributed by atoms with E-state index in [-0.39, 0.29) is 5.91 Å². The summed E-state index contributed by atoms with van der Waals surface area (Å²) in [7, 11) is 1.56. The van der Waals surface area contributed by atoms with Crippen molar-refractivity contribution in [1.29, 1.82) is 0 Å². The number of carbonyl (C=O) groups is 1. The highest BCUT2D eigenvalue weighted by molar-refractivity contribution is 6.11. The van der Waals surface area contributed by atoms with Gasteiger partial charge in [0, 0.05) is 11.1 Å². The van der Waals surface area contributed by atoms with Gasteiger partial charge in [-0.1, -0.05) is 66.6 Å². The first-order valence-corrected chi connectivity index (χ1v) is 9.07. The number of amides is 1. The standard InChI is InChI=1S/C25H20N2O2/c1-29-24-14-8-13-22(19-24)25(28)27-26-23(17-15-20-9-4-2-5-10-20)18-16-21-11-6-3-7-12-21/h2-15,17,19H,1H3,(H,27,28)/b17-15+,26-23-.